The Morgan fingerprint density at radius 3 is 2.07 bits per heavy atom. The number of carbonyl (C=O) groups is 2. The zero-order valence-corrected chi connectivity index (χ0v) is 17.6. The van der Waals surface area contributed by atoms with Crippen LogP contribution in [-0.4, -0.2) is 64.4 Å². The highest BCUT2D eigenvalue weighted by molar-refractivity contribution is 7.89. The SMILES string of the molecule is CCN(CC)S(=O)(=O)CCNC(=O)[C@@H](C)NS(=O)(=O)c1ccc(C(N)=O)cc1. The number of hydrogen-bond donors (Lipinski definition) is 3. The van der Waals surface area contributed by atoms with Gasteiger partial charge in [0.2, 0.25) is 31.9 Å². The van der Waals surface area contributed by atoms with Crippen LogP contribution in [0.3, 0.4) is 0 Å². The number of carbonyl (C=O) groups excluding carboxylic acids is 2. The van der Waals surface area contributed by atoms with Gasteiger partial charge in [-0.3, -0.25) is 9.59 Å². The van der Waals surface area contributed by atoms with Gasteiger partial charge in [-0.1, -0.05) is 13.8 Å². The van der Waals surface area contributed by atoms with Gasteiger partial charge in [0.05, 0.1) is 16.7 Å². The number of nitrogens with one attached hydrogen (secondary N) is 2. The summed E-state index contributed by atoms with van der Waals surface area (Å²) in [5.74, 6) is -1.63. The maximum atomic E-state index is 12.3. The fourth-order valence-corrected chi connectivity index (χ4v) is 4.96. The van der Waals surface area contributed by atoms with Gasteiger partial charge in [-0.15, -0.1) is 0 Å². The van der Waals surface area contributed by atoms with E-state index >= 15 is 0 Å². The van der Waals surface area contributed by atoms with Crippen LogP contribution in [0.5, 0.6) is 0 Å². The van der Waals surface area contributed by atoms with Gasteiger partial charge in [0, 0.05) is 25.2 Å². The summed E-state index contributed by atoms with van der Waals surface area (Å²) in [5, 5.41) is 2.41. The van der Waals surface area contributed by atoms with E-state index in [4.69, 9.17) is 5.73 Å². The normalized spacial score (nSPS) is 13.3. The van der Waals surface area contributed by atoms with Crippen molar-refractivity contribution in [2.75, 3.05) is 25.4 Å². The van der Waals surface area contributed by atoms with E-state index in [-0.39, 0.29) is 22.8 Å². The van der Waals surface area contributed by atoms with Crippen LogP contribution in [0.4, 0.5) is 0 Å². The number of amides is 2. The summed E-state index contributed by atoms with van der Waals surface area (Å²) in [5.41, 5.74) is 5.26. The zero-order chi connectivity index (χ0) is 21.5. The molecule has 1 atom stereocenters. The zero-order valence-electron chi connectivity index (χ0n) is 16.0. The summed E-state index contributed by atoms with van der Waals surface area (Å²) in [6.07, 6.45) is 0. The lowest BCUT2D eigenvalue weighted by atomic mass is 10.2. The molecule has 0 aliphatic carbocycles. The van der Waals surface area contributed by atoms with Crippen molar-refractivity contribution < 1.29 is 26.4 Å². The first-order valence-corrected chi connectivity index (χ1v) is 11.7. The van der Waals surface area contributed by atoms with Crippen LogP contribution in [0.2, 0.25) is 0 Å². The highest BCUT2D eigenvalue weighted by atomic mass is 32.2. The average Bonchev–Trinajstić information content (AvgIpc) is 2.61. The number of primary amides is 1. The standard InChI is InChI=1S/C16H26N4O6S2/c1-4-20(5-2)27(23,24)11-10-18-16(22)12(3)19-28(25,26)14-8-6-13(7-9-14)15(17)21/h6-9,12,19H,4-5,10-11H2,1-3H3,(H2,17,21)(H,18,22)/t12-/m1/s1. The van der Waals surface area contributed by atoms with Crippen LogP contribution in [0.1, 0.15) is 31.1 Å². The molecule has 1 aromatic rings. The molecule has 0 spiro atoms. The molecule has 0 heterocycles. The molecule has 12 heteroatoms. The van der Waals surface area contributed by atoms with Crippen LogP contribution >= 0.6 is 0 Å². The second-order valence-electron chi connectivity index (χ2n) is 5.92. The van der Waals surface area contributed by atoms with Gasteiger partial charge in [0.15, 0.2) is 0 Å². The van der Waals surface area contributed by atoms with Gasteiger partial charge in [0.1, 0.15) is 0 Å². The van der Waals surface area contributed by atoms with Gasteiger partial charge >= 0.3 is 0 Å². The number of hydrogen-bond acceptors (Lipinski definition) is 6. The average molecular weight is 435 g/mol. The van der Waals surface area contributed by atoms with Crippen molar-refractivity contribution in [3.8, 4) is 0 Å². The maximum Gasteiger partial charge on any atom is 0.248 e. The topological polar surface area (TPSA) is 156 Å². The first kappa shape index (κ1) is 24.0. The van der Waals surface area contributed by atoms with Crippen LogP contribution < -0.4 is 15.8 Å². The molecule has 0 fully saturated rings. The molecule has 0 aliphatic rings. The van der Waals surface area contributed by atoms with Crippen molar-refractivity contribution in [1.29, 1.82) is 0 Å². The number of nitrogens with zero attached hydrogens (tertiary/aromatic N) is 1. The molecule has 10 nitrogen and oxygen atoms in total. The minimum absolute atomic E-state index is 0.138. The fourth-order valence-electron chi connectivity index (χ4n) is 2.36. The maximum absolute atomic E-state index is 12.3. The van der Waals surface area contributed by atoms with Crippen LogP contribution in [0.15, 0.2) is 29.2 Å². The summed E-state index contributed by atoms with van der Waals surface area (Å²) in [6.45, 7) is 5.29. The largest absolute Gasteiger partial charge is 0.366 e. The molecule has 0 unspecified atom stereocenters. The molecule has 28 heavy (non-hydrogen) atoms. The van der Waals surface area contributed by atoms with E-state index in [2.05, 4.69) is 10.0 Å². The lowest BCUT2D eigenvalue weighted by Gasteiger charge is -2.19. The molecular weight excluding hydrogens is 408 g/mol. The van der Waals surface area contributed by atoms with Gasteiger partial charge < -0.3 is 11.1 Å². The Bertz CT molecular complexity index is 894. The Kier molecular flexibility index (Phi) is 8.54. The highest BCUT2D eigenvalue weighted by Crippen LogP contribution is 2.11. The third kappa shape index (κ3) is 6.55. The van der Waals surface area contributed by atoms with Crippen LogP contribution in [-0.2, 0) is 24.8 Å². The molecule has 1 rings (SSSR count). The molecule has 4 N–H and O–H groups in total. The number of rotatable bonds is 11. The van der Waals surface area contributed by atoms with Gasteiger partial charge in [-0.25, -0.2) is 21.1 Å². The van der Waals surface area contributed by atoms with E-state index in [9.17, 15) is 26.4 Å². The molecule has 0 radical (unpaired) electrons. The molecule has 0 saturated heterocycles. The van der Waals surface area contributed by atoms with Crippen molar-refractivity contribution in [2.45, 2.75) is 31.7 Å². The van der Waals surface area contributed by atoms with Gasteiger partial charge in [-0.2, -0.15) is 4.72 Å². The Morgan fingerprint density at radius 1 is 1.07 bits per heavy atom. The predicted octanol–water partition coefficient (Wildman–Crippen LogP) is -0.760. The summed E-state index contributed by atoms with van der Waals surface area (Å²) in [6, 6.07) is 3.80. The fraction of sp³-hybridized carbons (Fsp3) is 0.500. The van der Waals surface area contributed by atoms with E-state index < -0.39 is 37.9 Å². The number of nitrogens with two attached hydrogens (primary N) is 1. The van der Waals surface area contributed by atoms with E-state index in [1.807, 2.05) is 0 Å². The van der Waals surface area contributed by atoms with E-state index in [1.54, 1.807) is 13.8 Å². The molecule has 1 aromatic carbocycles. The summed E-state index contributed by atoms with van der Waals surface area (Å²) < 4.78 is 52.2. The van der Waals surface area contributed by atoms with Crippen LogP contribution in [0.25, 0.3) is 0 Å². The smallest absolute Gasteiger partial charge is 0.248 e. The predicted molar refractivity (Wildman–Crippen MR) is 104 cm³/mol. The first-order valence-electron chi connectivity index (χ1n) is 8.62. The lowest BCUT2D eigenvalue weighted by Crippen LogP contribution is -2.46. The van der Waals surface area contributed by atoms with Gasteiger partial charge in [0.25, 0.3) is 0 Å². The molecule has 0 aromatic heterocycles. The molecule has 0 bridgehead atoms. The lowest BCUT2D eigenvalue weighted by molar-refractivity contribution is -0.122. The minimum atomic E-state index is -4.01. The highest BCUT2D eigenvalue weighted by Gasteiger charge is 2.23. The molecule has 2 amide bonds. The summed E-state index contributed by atoms with van der Waals surface area (Å²) in [4.78, 5) is 23.0. The quantitative estimate of drug-likeness (QED) is 0.416. The van der Waals surface area contributed by atoms with E-state index in [0.29, 0.717) is 13.1 Å². The second-order valence-corrected chi connectivity index (χ2v) is 9.73. The second kappa shape index (κ2) is 9.96. The number of benzene rings is 1. The Balaban J connectivity index is 2.67. The van der Waals surface area contributed by atoms with Crippen molar-refractivity contribution in [2.24, 2.45) is 5.73 Å². The third-order valence-electron chi connectivity index (χ3n) is 3.93. The minimum Gasteiger partial charge on any atom is -0.366 e. The summed E-state index contributed by atoms with van der Waals surface area (Å²) >= 11 is 0. The molecule has 158 valence electrons. The van der Waals surface area contributed by atoms with E-state index in [1.165, 1.54) is 35.5 Å². The summed E-state index contributed by atoms with van der Waals surface area (Å²) in [7, 11) is -7.50. The van der Waals surface area contributed by atoms with Crippen molar-refractivity contribution in [1.82, 2.24) is 14.3 Å². The monoisotopic (exact) mass is 434 g/mol. The number of sulfonamides is 2. The molecule has 0 aliphatic heterocycles. The molecule has 0 saturated carbocycles. The van der Waals surface area contributed by atoms with Crippen molar-refractivity contribution in [3.05, 3.63) is 29.8 Å². The molecular formula is C16H26N4O6S2. The van der Waals surface area contributed by atoms with E-state index in [0.717, 1.165) is 0 Å². The third-order valence-corrected chi connectivity index (χ3v) is 7.51. The Hall–Kier alpha value is -2.02. The Labute approximate surface area is 165 Å². The van der Waals surface area contributed by atoms with Crippen molar-refractivity contribution >= 4 is 31.9 Å². The van der Waals surface area contributed by atoms with Gasteiger partial charge in [-0.05, 0) is 31.2 Å². The van der Waals surface area contributed by atoms with Crippen LogP contribution in [0, 0.1) is 0 Å². The van der Waals surface area contributed by atoms with Crippen molar-refractivity contribution in [3.63, 3.8) is 0 Å². The first-order chi connectivity index (χ1) is 12.9. The Morgan fingerprint density at radius 2 is 1.61 bits per heavy atom.